The van der Waals surface area contributed by atoms with Crippen molar-refractivity contribution in [3.05, 3.63) is 26.3 Å². The van der Waals surface area contributed by atoms with Crippen molar-refractivity contribution < 1.29 is 18.8 Å². The van der Waals surface area contributed by atoms with Gasteiger partial charge in [-0.1, -0.05) is 0 Å². The lowest BCUT2D eigenvalue weighted by molar-refractivity contribution is -0.385. The van der Waals surface area contributed by atoms with Crippen LogP contribution in [0.3, 0.4) is 0 Å². The number of pyridine rings is 1. The summed E-state index contributed by atoms with van der Waals surface area (Å²) in [5.74, 6) is 0.150. The lowest BCUT2D eigenvalue weighted by atomic mass is 10.2. The third-order valence-electron chi connectivity index (χ3n) is 2.44. The average molecular weight is 340 g/mol. The van der Waals surface area contributed by atoms with E-state index in [0.717, 1.165) is 6.20 Å². The van der Waals surface area contributed by atoms with E-state index < -0.39 is 17.9 Å². The molecule has 0 bridgehead atoms. The van der Waals surface area contributed by atoms with Crippen molar-refractivity contribution in [1.82, 2.24) is 4.98 Å². The predicted octanol–water partition coefficient (Wildman–Crippen LogP) is 2.12. The van der Waals surface area contributed by atoms with Gasteiger partial charge in [-0.2, -0.15) is 0 Å². The van der Waals surface area contributed by atoms with Crippen LogP contribution in [-0.4, -0.2) is 41.1 Å². The Morgan fingerprint density at radius 3 is 2.74 bits per heavy atom. The van der Waals surface area contributed by atoms with Crippen LogP contribution in [0.4, 0.5) is 20.3 Å². The van der Waals surface area contributed by atoms with Crippen LogP contribution in [0.2, 0.25) is 0 Å². The molecular weight excluding hydrogens is 328 g/mol. The van der Waals surface area contributed by atoms with Gasteiger partial charge in [0.05, 0.1) is 22.5 Å². The number of alkyl halides is 2. The summed E-state index contributed by atoms with van der Waals surface area (Å²) in [5, 5.41) is 19.6. The molecule has 0 amide bonds. The summed E-state index contributed by atoms with van der Waals surface area (Å²) < 4.78 is 25.2. The van der Waals surface area contributed by atoms with E-state index in [9.17, 15) is 18.9 Å². The number of nitro groups is 1. The minimum Gasteiger partial charge on any atom is -0.395 e. The van der Waals surface area contributed by atoms with Gasteiger partial charge in [0.2, 0.25) is 0 Å². The Morgan fingerprint density at radius 1 is 1.63 bits per heavy atom. The second kappa shape index (κ2) is 6.71. The van der Waals surface area contributed by atoms with E-state index in [0.29, 0.717) is 5.56 Å². The zero-order valence-electron chi connectivity index (χ0n) is 10.0. The first kappa shape index (κ1) is 15.7. The highest BCUT2D eigenvalue weighted by atomic mass is 79.9. The minimum absolute atomic E-state index is 0.0345. The second-order valence-corrected chi connectivity index (χ2v) is 4.52. The first-order chi connectivity index (χ1) is 8.88. The lowest BCUT2D eigenvalue weighted by Crippen LogP contribution is -2.32. The van der Waals surface area contributed by atoms with Crippen LogP contribution in [0, 0.1) is 17.0 Å². The molecule has 6 nitrogen and oxygen atoms in total. The zero-order chi connectivity index (χ0) is 14.6. The summed E-state index contributed by atoms with van der Waals surface area (Å²) in [6.45, 7) is 0.528. The number of hydrogen-bond donors (Lipinski definition) is 1. The van der Waals surface area contributed by atoms with Gasteiger partial charge in [0, 0.05) is 12.1 Å². The molecule has 1 N–H and O–H groups in total. The van der Waals surface area contributed by atoms with Gasteiger partial charge < -0.3 is 10.0 Å². The number of anilines is 1. The summed E-state index contributed by atoms with van der Waals surface area (Å²) >= 11 is 3.12. The molecule has 0 unspecified atom stereocenters. The average Bonchev–Trinajstić information content (AvgIpc) is 2.31. The highest BCUT2D eigenvalue weighted by Gasteiger charge is 2.22. The van der Waals surface area contributed by atoms with Crippen molar-refractivity contribution in [1.29, 1.82) is 0 Å². The van der Waals surface area contributed by atoms with Crippen LogP contribution in [0.25, 0.3) is 0 Å². The van der Waals surface area contributed by atoms with E-state index in [1.807, 2.05) is 0 Å². The van der Waals surface area contributed by atoms with Crippen molar-refractivity contribution in [3.8, 4) is 0 Å². The van der Waals surface area contributed by atoms with E-state index in [1.165, 1.54) is 11.8 Å². The molecule has 19 heavy (non-hydrogen) atoms. The van der Waals surface area contributed by atoms with E-state index in [2.05, 4.69) is 20.9 Å². The van der Waals surface area contributed by atoms with Crippen molar-refractivity contribution in [2.24, 2.45) is 0 Å². The van der Waals surface area contributed by atoms with Crippen molar-refractivity contribution in [2.45, 2.75) is 13.3 Å². The quantitative estimate of drug-likeness (QED) is 0.634. The van der Waals surface area contributed by atoms with Crippen LogP contribution in [0.15, 0.2) is 10.7 Å². The largest absolute Gasteiger partial charge is 0.395 e. The van der Waals surface area contributed by atoms with E-state index >= 15 is 0 Å². The van der Waals surface area contributed by atoms with Gasteiger partial charge in [0.1, 0.15) is 12.0 Å². The topological polar surface area (TPSA) is 79.5 Å². The summed E-state index contributed by atoms with van der Waals surface area (Å²) in [6.07, 6.45) is -1.58. The summed E-state index contributed by atoms with van der Waals surface area (Å²) in [5.41, 5.74) is 0.101. The van der Waals surface area contributed by atoms with Crippen LogP contribution in [0.1, 0.15) is 5.56 Å². The maximum atomic E-state index is 12.5. The SMILES string of the molecule is Cc1c([N+](=O)[O-])cnc(N(CCO)CC(F)F)c1Br. The van der Waals surface area contributed by atoms with Crippen molar-refractivity contribution in [2.75, 3.05) is 24.6 Å². The van der Waals surface area contributed by atoms with Gasteiger partial charge in [0.25, 0.3) is 12.1 Å². The molecule has 9 heteroatoms. The third kappa shape index (κ3) is 3.80. The van der Waals surface area contributed by atoms with Gasteiger partial charge in [-0.15, -0.1) is 0 Å². The molecular formula is C10H12BrF2N3O3. The summed E-state index contributed by atoms with van der Waals surface area (Å²) in [4.78, 5) is 15.1. The Bertz CT molecular complexity index is 474. The Morgan fingerprint density at radius 2 is 2.26 bits per heavy atom. The maximum absolute atomic E-state index is 12.5. The van der Waals surface area contributed by atoms with Gasteiger partial charge in [-0.25, -0.2) is 13.8 Å². The van der Waals surface area contributed by atoms with E-state index in [1.54, 1.807) is 0 Å². The van der Waals surface area contributed by atoms with Crippen molar-refractivity contribution >= 4 is 27.4 Å². The molecule has 1 aromatic rings. The van der Waals surface area contributed by atoms with E-state index in [-0.39, 0.29) is 29.1 Å². The Labute approximate surface area is 116 Å². The Balaban J connectivity index is 3.17. The van der Waals surface area contributed by atoms with Gasteiger partial charge >= 0.3 is 0 Å². The smallest absolute Gasteiger partial charge is 0.291 e. The molecule has 1 heterocycles. The Hall–Kier alpha value is -1.35. The summed E-state index contributed by atoms with van der Waals surface area (Å²) in [7, 11) is 0. The van der Waals surface area contributed by atoms with Crippen LogP contribution < -0.4 is 4.90 Å². The molecule has 0 atom stereocenters. The number of halogens is 3. The number of rotatable bonds is 6. The number of aliphatic hydroxyl groups excluding tert-OH is 1. The zero-order valence-corrected chi connectivity index (χ0v) is 11.6. The molecule has 0 spiro atoms. The normalized spacial score (nSPS) is 10.8. The van der Waals surface area contributed by atoms with Crippen LogP contribution >= 0.6 is 15.9 Å². The summed E-state index contributed by atoms with van der Waals surface area (Å²) in [6, 6.07) is 0. The number of aromatic nitrogens is 1. The molecule has 1 rings (SSSR count). The Kier molecular flexibility index (Phi) is 5.55. The fourth-order valence-corrected chi connectivity index (χ4v) is 2.09. The number of nitrogens with zero attached hydrogens (tertiary/aromatic N) is 3. The molecule has 0 saturated heterocycles. The van der Waals surface area contributed by atoms with Gasteiger partial charge in [0.15, 0.2) is 0 Å². The molecule has 0 saturated carbocycles. The maximum Gasteiger partial charge on any atom is 0.291 e. The van der Waals surface area contributed by atoms with Gasteiger partial charge in [-0.3, -0.25) is 10.1 Å². The second-order valence-electron chi connectivity index (χ2n) is 3.72. The first-order valence-electron chi connectivity index (χ1n) is 5.32. The first-order valence-corrected chi connectivity index (χ1v) is 6.11. The predicted molar refractivity (Wildman–Crippen MR) is 68.6 cm³/mol. The highest BCUT2D eigenvalue weighted by Crippen LogP contribution is 2.32. The fourth-order valence-electron chi connectivity index (χ4n) is 1.53. The van der Waals surface area contributed by atoms with Crippen LogP contribution in [0.5, 0.6) is 0 Å². The van der Waals surface area contributed by atoms with Crippen LogP contribution in [-0.2, 0) is 0 Å². The molecule has 0 aliphatic carbocycles. The molecule has 1 aromatic heterocycles. The molecule has 0 aliphatic rings. The van der Waals surface area contributed by atoms with Gasteiger partial charge in [-0.05, 0) is 22.9 Å². The lowest BCUT2D eigenvalue weighted by Gasteiger charge is -2.23. The molecule has 0 fully saturated rings. The standard InChI is InChI=1S/C10H12BrF2N3O3/c1-6-7(16(18)19)4-14-10(9(6)11)15(2-3-17)5-8(12)13/h4,8,17H,2-3,5H2,1H3. The van der Waals surface area contributed by atoms with E-state index in [4.69, 9.17) is 5.11 Å². The highest BCUT2D eigenvalue weighted by molar-refractivity contribution is 9.10. The molecule has 0 aliphatic heterocycles. The molecule has 0 aromatic carbocycles. The number of aliphatic hydroxyl groups is 1. The minimum atomic E-state index is -2.60. The third-order valence-corrected chi connectivity index (χ3v) is 3.39. The molecule has 106 valence electrons. The number of hydrogen-bond acceptors (Lipinski definition) is 5. The monoisotopic (exact) mass is 339 g/mol. The fraction of sp³-hybridized carbons (Fsp3) is 0.500. The molecule has 0 radical (unpaired) electrons. The van der Waals surface area contributed by atoms with Crippen molar-refractivity contribution in [3.63, 3.8) is 0 Å².